The largest absolute Gasteiger partial charge is 0.489 e. The third kappa shape index (κ3) is 5.47. The number of rotatable bonds is 8. The van der Waals surface area contributed by atoms with Crippen LogP contribution in [-0.4, -0.2) is 18.7 Å². The Kier molecular flexibility index (Phi) is 6.67. The number of carbonyl (C=O) groups is 1. The first-order chi connectivity index (χ1) is 17.3. The Hall–Kier alpha value is -4.64. The van der Waals surface area contributed by atoms with Crippen molar-refractivity contribution in [1.29, 1.82) is 0 Å². The van der Waals surface area contributed by atoms with E-state index in [0.29, 0.717) is 6.61 Å². The lowest BCUT2D eigenvalue weighted by Crippen LogP contribution is -2.25. The summed E-state index contributed by atoms with van der Waals surface area (Å²) < 4.78 is 5.98. The van der Waals surface area contributed by atoms with Crippen LogP contribution in [0, 0.1) is 0 Å². The Morgan fingerprint density at radius 3 is 2.20 bits per heavy atom. The third-order valence-electron chi connectivity index (χ3n) is 5.79. The van der Waals surface area contributed by atoms with Gasteiger partial charge in [0.05, 0.1) is 12.8 Å². The molecule has 172 valence electrons. The molecule has 2 N–H and O–H groups in total. The van der Waals surface area contributed by atoms with Crippen LogP contribution in [0.3, 0.4) is 0 Å². The smallest absolute Gasteiger partial charge is 0.259 e. The van der Waals surface area contributed by atoms with Gasteiger partial charge in [-0.2, -0.15) is 5.10 Å². The van der Waals surface area contributed by atoms with Gasteiger partial charge < -0.3 is 10.1 Å². The second kappa shape index (κ2) is 10.5. The van der Waals surface area contributed by atoms with Crippen LogP contribution < -0.4 is 15.5 Å². The molecule has 1 amide bonds. The Bertz CT molecular complexity index is 1480. The Morgan fingerprint density at radius 1 is 0.743 bits per heavy atom. The highest BCUT2D eigenvalue weighted by Gasteiger charge is 2.04. The lowest BCUT2D eigenvalue weighted by atomic mass is 10.1. The van der Waals surface area contributed by atoms with E-state index < -0.39 is 0 Å². The molecule has 0 aliphatic rings. The molecular weight excluding hydrogens is 434 g/mol. The van der Waals surface area contributed by atoms with Crippen LogP contribution in [0.15, 0.2) is 114 Å². The standard InChI is InChI=1S/C30H25N3O2/c34-30(20-31-29-14-6-10-24-8-2-4-13-28(24)29)33-32-19-22-15-17-26(18-16-22)35-21-25-11-5-9-23-7-1-3-12-27(23)25/h1-19,31H,20-21H2,(H,33,34)/b32-19-. The maximum atomic E-state index is 12.2. The van der Waals surface area contributed by atoms with Gasteiger partial charge in [0.25, 0.3) is 5.91 Å². The van der Waals surface area contributed by atoms with Gasteiger partial charge in [0, 0.05) is 11.1 Å². The van der Waals surface area contributed by atoms with Crippen molar-refractivity contribution >= 4 is 39.4 Å². The number of amides is 1. The van der Waals surface area contributed by atoms with Crippen LogP contribution in [0.4, 0.5) is 5.69 Å². The van der Waals surface area contributed by atoms with Crippen molar-refractivity contribution in [2.24, 2.45) is 5.10 Å². The molecule has 5 nitrogen and oxygen atoms in total. The zero-order valence-electron chi connectivity index (χ0n) is 19.1. The van der Waals surface area contributed by atoms with Gasteiger partial charge in [-0.05, 0) is 57.6 Å². The van der Waals surface area contributed by atoms with Crippen molar-refractivity contribution in [3.05, 3.63) is 120 Å². The number of anilines is 1. The molecule has 0 aromatic heterocycles. The molecule has 0 spiro atoms. The molecule has 5 aromatic rings. The topological polar surface area (TPSA) is 62.7 Å². The average molecular weight is 460 g/mol. The van der Waals surface area contributed by atoms with Crippen LogP contribution in [0.5, 0.6) is 5.75 Å². The van der Waals surface area contributed by atoms with Crippen molar-refractivity contribution in [2.45, 2.75) is 6.61 Å². The van der Waals surface area contributed by atoms with Crippen LogP contribution in [0.1, 0.15) is 11.1 Å². The van der Waals surface area contributed by atoms with Gasteiger partial charge in [-0.15, -0.1) is 0 Å². The molecule has 0 bridgehead atoms. The molecule has 0 unspecified atom stereocenters. The molecular formula is C30H25N3O2. The number of nitrogens with zero attached hydrogens (tertiary/aromatic N) is 1. The van der Waals surface area contributed by atoms with Gasteiger partial charge in [-0.3, -0.25) is 4.79 Å². The summed E-state index contributed by atoms with van der Waals surface area (Å²) in [5.41, 5.74) is 5.49. The van der Waals surface area contributed by atoms with E-state index in [0.717, 1.165) is 33.3 Å². The molecule has 0 fully saturated rings. The van der Waals surface area contributed by atoms with Crippen molar-refractivity contribution in [1.82, 2.24) is 5.43 Å². The summed E-state index contributed by atoms with van der Waals surface area (Å²) in [6.07, 6.45) is 1.62. The van der Waals surface area contributed by atoms with Gasteiger partial charge in [0.15, 0.2) is 0 Å². The number of fused-ring (bicyclic) bond motifs is 2. The summed E-state index contributed by atoms with van der Waals surface area (Å²) in [4.78, 5) is 12.2. The fourth-order valence-electron chi connectivity index (χ4n) is 4.00. The maximum absolute atomic E-state index is 12.2. The summed E-state index contributed by atoms with van der Waals surface area (Å²) in [7, 11) is 0. The van der Waals surface area contributed by atoms with Crippen molar-refractivity contribution < 1.29 is 9.53 Å². The minimum atomic E-state index is -0.218. The van der Waals surface area contributed by atoms with Crippen molar-refractivity contribution in [3.8, 4) is 5.75 Å². The number of ether oxygens (including phenoxy) is 1. The second-order valence-electron chi connectivity index (χ2n) is 8.17. The van der Waals surface area contributed by atoms with E-state index >= 15 is 0 Å². The Balaban J connectivity index is 1.12. The quantitative estimate of drug-likeness (QED) is 0.217. The fraction of sp³-hybridized carbons (Fsp3) is 0.0667. The first-order valence-corrected chi connectivity index (χ1v) is 11.5. The Labute approximate surface area is 204 Å². The van der Waals surface area contributed by atoms with E-state index in [-0.39, 0.29) is 12.5 Å². The summed E-state index contributed by atoms with van der Waals surface area (Å²) in [6, 6.07) is 36.2. The molecule has 0 radical (unpaired) electrons. The highest BCUT2D eigenvalue weighted by Crippen LogP contribution is 2.23. The third-order valence-corrected chi connectivity index (χ3v) is 5.79. The monoisotopic (exact) mass is 459 g/mol. The number of benzene rings is 5. The van der Waals surface area contributed by atoms with Crippen molar-refractivity contribution in [2.75, 3.05) is 11.9 Å². The lowest BCUT2D eigenvalue weighted by molar-refractivity contribution is -0.119. The normalized spacial score (nSPS) is 11.1. The summed E-state index contributed by atoms with van der Waals surface area (Å²) in [5.74, 6) is 0.558. The predicted octanol–water partition coefficient (Wildman–Crippen LogP) is 6.13. The molecule has 0 heterocycles. The van der Waals surface area contributed by atoms with E-state index in [9.17, 15) is 4.79 Å². The van der Waals surface area contributed by atoms with E-state index in [1.807, 2.05) is 84.9 Å². The van der Waals surface area contributed by atoms with Crippen LogP contribution in [0.2, 0.25) is 0 Å². The van der Waals surface area contributed by atoms with E-state index in [4.69, 9.17) is 4.74 Å². The van der Waals surface area contributed by atoms with Crippen molar-refractivity contribution in [3.63, 3.8) is 0 Å². The highest BCUT2D eigenvalue weighted by molar-refractivity contribution is 5.95. The maximum Gasteiger partial charge on any atom is 0.259 e. The molecule has 5 heteroatoms. The summed E-state index contributed by atoms with van der Waals surface area (Å²) >= 11 is 0. The average Bonchev–Trinajstić information content (AvgIpc) is 2.91. The highest BCUT2D eigenvalue weighted by atomic mass is 16.5. The van der Waals surface area contributed by atoms with Crippen LogP contribution in [0.25, 0.3) is 21.5 Å². The van der Waals surface area contributed by atoms with Gasteiger partial charge in [-0.25, -0.2) is 5.43 Å². The van der Waals surface area contributed by atoms with Gasteiger partial charge in [0.2, 0.25) is 0 Å². The lowest BCUT2D eigenvalue weighted by Gasteiger charge is -2.09. The molecule has 0 aliphatic heterocycles. The number of carbonyl (C=O) groups excluding carboxylic acids is 1. The number of hydrogen-bond donors (Lipinski definition) is 2. The number of hydrogen-bond acceptors (Lipinski definition) is 4. The van der Waals surface area contributed by atoms with E-state index in [1.165, 1.54) is 10.8 Å². The van der Waals surface area contributed by atoms with Crippen LogP contribution >= 0.6 is 0 Å². The molecule has 0 saturated heterocycles. The summed E-state index contributed by atoms with van der Waals surface area (Å²) in [5, 5.41) is 11.9. The Morgan fingerprint density at radius 2 is 1.40 bits per heavy atom. The zero-order valence-corrected chi connectivity index (χ0v) is 19.1. The number of nitrogens with one attached hydrogen (secondary N) is 2. The second-order valence-corrected chi connectivity index (χ2v) is 8.17. The molecule has 0 saturated carbocycles. The minimum absolute atomic E-state index is 0.131. The summed E-state index contributed by atoms with van der Waals surface area (Å²) in [6.45, 7) is 0.626. The van der Waals surface area contributed by atoms with Gasteiger partial charge >= 0.3 is 0 Å². The predicted molar refractivity (Wildman–Crippen MR) is 143 cm³/mol. The molecule has 5 rings (SSSR count). The minimum Gasteiger partial charge on any atom is -0.489 e. The van der Waals surface area contributed by atoms with E-state index in [1.54, 1.807) is 6.21 Å². The molecule has 0 aliphatic carbocycles. The zero-order chi connectivity index (χ0) is 23.9. The van der Waals surface area contributed by atoms with Crippen LogP contribution in [-0.2, 0) is 11.4 Å². The first-order valence-electron chi connectivity index (χ1n) is 11.5. The van der Waals surface area contributed by atoms with E-state index in [2.05, 4.69) is 40.1 Å². The van der Waals surface area contributed by atoms with Gasteiger partial charge in [0.1, 0.15) is 12.4 Å². The van der Waals surface area contributed by atoms with Gasteiger partial charge in [-0.1, -0.05) is 78.9 Å². The molecule has 0 atom stereocenters. The fourth-order valence-corrected chi connectivity index (χ4v) is 4.00. The SMILES string of the molecule is O=C(CNc1cccc2ccccc12)N/N=C\c1ccc(OCc2cccc3ccccc23)cc1. The molecule has 5 aromatic carbocycles. The molecule has 35 heavy (non-hydrogen) atoms. The number of hydrazone groups is 1. The first kappa shape index (κ1) is 22.2.